The fourth-order valence-electron chi connectivity index (χ4n) is 1.12. The number of primary amides is 1. The third-order valence-corrected chi connectivity index (χ3v) is 2.46. The number of carbonyl (C=O) groups is 1. The van der Waals surface area contributed by atoms with Crippen LogP contribution in [0.3, 0.4) is 0 Å². The lowest BCUT2D eigenvalue weighted by atomic mass is 10.1. The van der Waals surface area contributed by atoms with E-state index in [0.29, 0.717) is 5.69 Å². The van der Waals surface area contributed by atoms with Crippen LogP contribution in [0.25, 0.3) is 0 Å². The average molecular weight is 248 g/mol. The quantitative estimate of drug-likeness (QED) is 0.389. The van der Waals surface area contributed by atoms with Crippen LogP contribution in [-0.2, 0) is 15.8 Å². The summed E-state index contributed by atoms with van der Waals surface area (Å²) in [6, 6.07) is -0.840. The van der Waals surface area contributed by atoms with Crippen LogP contribution >= 0.6 is 7.60 Å². The summed E-state index contributed by atoms with van der Waals surface area (Å²) in [7, 11) is -4.19. The zero-order valence-corrected chi connectivity index (χ0v) is 9.22. The summed E-state index contributed by atoms with van der Waals surface area (Å²) in [4.78, 5) is 34.8. The van der Waals surface area contributed by atoms with E-state index in [9.17, 15) is 9.36 Å². The second kappa shape index (κ2) is 5.22. The molecule has 1 aromatic heterocycles. The smallest absolute Gasteiger partial charge is 0.339 e. The molecule has 0 fully saturated rings. The Morgan fingerprint density at radius 2 is 2.38 bits per heavy atom. The molecule has 0 radical (unpaired) electrons. The van der Waals surface area contributed by atoms with Crippen molar-refractivity contribution in [3.05, 3.63) is 18.2 Å². The van der Waals surface area contributed by atoms with Crippen LogP contribution in [0.15, 0.2) is 12.5 Å². The predicted octanol–water partition coefficient (Wildman–Crippen LogP) is -1.47. The predicted molar refractivity (Wildman–Crippen MR) is 55.3 cm³/mol. The van der Waals surface area contributed by atoms with Crippen LogP contribution in [0.5, 0.6) is 0 Å². The number of rotatable bonds is 6. The van der Waals surface area contributed by atoms with Crippen LogP contribution in [0.1, 0.15) is 5.69 Å². The summed E-state index contributed by atoms with van der Waals surface area (Å²) in [5.41, 5.74) is 5.75. The molecule has 16 heavy (non-hydrogen) atoms. The van der Waals surface area contributed by atoms with Gasteiger partial charge in [0, 0.05) is 18.3 Å². The molecular weight excluding hydrogens is 235 g/mol. The number of nitrogens with zero attached hydrogens (tertiary/aromatic N) is 1. The third kappa shape index (κ3) is 4.54. The molecule has 90 valence electrons. The molecule has 0 aliphatic heterocycles. The molecule has 9 heteroatoms. The summed E-state index contributed by atoms with van der Waals surface area (Å²) in [5.74, 6) is -0.678. The fourth-order valence-corrected chi connectivity index (χ4v) is 1.58. The zero-order chi connectivity index (χ0) is 12.2. The number of H-pyrrole nitrogens is 1. The monoisotopic (exact) mass is 248 g/mol. The van der Waals surface area contributed by atoms with Gasteiger partial charge in [-0.2, -0.15) is 0 Å². The maximum Gasteiger partial charge on any atom is 0.339 e. The van der Waals surface area contributed by atoms with Crippen LogP contribution < -0.4 is 11.1 Å². The van der Waals surface area contributed by atoms with Gasteiger partial charge >= 0.3 is 7.60 Å². The van der Waals surface area contributed by atoms with Crippen LogP contribution in [-0.4, -0.2) is 38.0 Å². The topological polar surface area (TPSA) is 141 Å². The first-order valence-electron chi connectivity index (χ1n) is 4.43. The molecule has 1 amide bonds. The SMILES string of the molecule is NC(=O)[C@H](Cc1cnc[nH]1)NCP(=O)(O)O. The van der Waals surface area contributed by atoms with Crippen molar-refractivity contribution >= 4 is 13.5 Å². The average Bonchev–Trinajstić information content (AvgIpc) is 2.62. The summed E-state index contributed by atoms with van der Waals surface area (Å²) in [6.45, 7) is 0. The van der Waals surface area contributed by atoms with Gasteiger partial charge in [-0.3, -0.25) is 14.7 Å². The van der Waals surface area contributed by atoms with E-state index < -0.39 is 25.8 Å². The Balaban J connectivity index is 2.55. The molecule has 1 aromatic rings. The van der Waals surface area contributed by atoms with Gasteiger partial charge in [-0.05, 0) is 0 Å². The number of imidazole rings is 1. The van der Waals surface area contributed by atoms with Crippen LogP contribution in [0, 0.1) is 0 Å². The minimum atomic E-state index is -4.19. The maximum atomic E-state index is 11.0. The number of aromatic nitrogens is 2. The van der Waals surface area contributed by atoms with Crippen molar-refractivity contribution in [2.24, 2.45) is 5.73 Å². The lowest BCUT2D eigenvalue weighted by molar-refractivity contribution is -0.119. The van der Waals surface area contributed by atoms with Gasteiger partial charge in [0.15, 0.2) is 0 Å². The molecular formula is C7H13N4O4P. The first-order valence-corrected chi connectivity index (χ1v) is 6.23. The van der Waals surface area contributed by atoms with E-state index in [0.717, 1.165) is 0 Å². The van der Waals surface area contributed by atoms with Crippen molar-refractivity contribution < 1.29 is 19.1 Å². The molecule has 0 unspecified atom stereocenters. The molecule has 1 atom stereocenters. The number of hydrogen-bond acceptors (Lipinski definition) is 4. The van der Waals surface area contributed by atoms with Crippen molar-refractivity contribution in [2.75, 3.05) is 6.29 Å². The maximum absolute atomic E-state index is 11.0. The van der Waals surface area contributed by atoms with Crippen molar-refractivity contribution in [3.63, 3.8) is 0 Å². The molecule has 0 aliphatic carbocycles. The van der Waals surface area contributed by atoms with Crippen molar-refractivity contribution in [3.8, 4) is 0 Å². The molecule has 0 saturated carbocycles. The van der Waals surface area contributed by atoms with E-state index in [1.54, 1.807) is 0 Å². The number of hydrogen-bond donors (Lipinski definition) is 5. The van der Waals surface area contributed by atoms with E-state index in [-0.39, 0.29) is 6.42 Å². The fraction of sp³-hybridized carbons (Fsp3) is 0.429. The van der Waals surface area contributed by atoms with Gasteiger partial charge in [-0.25, -0.2) is 4.98 Å². The van der Waals surface area contributed by atoms with E-state index in [1.165, 1.54) is 12.5 Å². The Morgan fingerprint density at radius 3 is 2.81 bits per heavy atom. The normalized spacial score (nSPS) is 13.6. The molecule has 0 spiro atoms. The number of nitrogens with two attached hydrogens (primary N) is 1. The third-order valence-electron chi connectivity index (χ3n) is 1.87. The van der Waals surface area contributed by atoms with E-state index in [2.05, 4.69) is 15.3 Å². The van der Waals surface area contributed by atoms with Crippen molar-refractivity contribution in [1.29, 1.82) is 0 Å². The molecule has 0 bridgehead atoms. The Bertz CT molecular complexity index is 387. The van der Waals surface area contributed by atoms with Gasteiger partial charge in [-0.15, -0.1) is 0 Å². The number of amides is 1. The highest BCUT2D eigenvalue weighted by Crippen LogP contribution is 2.32. The molecule has 0 aliphatic rings. The Kier molecular flexibility index (Phi) is 4.19. The highest BCUT2D eigenvalue weighted by Gasteiger charge is 2.20. The number of nitrogens with one attached hydrogen (secondary N) is 2. The Hall–Kier alpha value is -1.21. The summed E-state index contributed by atoms with van der Waals surface area (Å²) >= 11 is 0. The highest BCUT2D eigenvalue weighted by atomic mass is 31.2. The molecule has 0 saturated heterocycles. The minimum Gasteiger partial charge on any atom is -0.368 e. The van der Waals surface area contributed by atoms with Crippen LogP contribution in [0.2, 0.25) is 0 Å². The van der Waals surface area contributed by atoms with Crippen molar-refractivity contribution in [2.45, 2.75) is 12.5 Å². The zero-order valence-electron chi connectivity index (χ0n) is 8.33. The Labute approximate surface area is 91.4 Å². The standard InChI is InChI=1S/C7H13N4O4P/c8-7(12)6(11-4-16(13,14)15)1-5-2-9-3-10-5/h2-3,6,11H,1,4H2,(H2,8,12)(H,9,10)(H2,13,14,15)/t6-/m0/s1. The van der Waals surface area contributed by atoms with E-state index in [1.807, 2.05) is 0 Å². The summed E-state index contributed by atoms with van der Waals surface area (Å²) < 4.78 is 10.6. The van der Waals surface area contributed by atoms with Gasteiger partial charge in [0.2, 0.25) is 5.91 Å². The minimum absolute atomic E-state index is 0.204. The largest absolute Gasteiger partial charge is 0.368 e. The second-order valence-corrected chi connectivity index (χ2v) is 4.91. The summed E-state index contributed by atoms with van der Waals surface area (Å²) in [6.07, 6.45) is 2.57. The Morgan fingerprint density at radius 1 is 1.69 bits per heavy atom. The second-order valence-electron chi connectivity index (χ2n) is 3.26. The van der Waals surface area contributed by atoms with E-state index >= 15 is 0 Å². The van der Waals surface area contributed by atoms with Crippen molar-refractivity contribution in [1.82, 2.24) is 15.3 Å². The molecule has 6 N–H and O–H groups in total. The van der Waals surface area contributed by atoms with Gasteiger partial charge < -0.3 is 20.5 Å². The molecule has 1 heterocycles. The number of carbonyl (C=O) groups excluding carboxylic acids is 1. The van der Waals surface area contributed by atoms with Gasteiger partial charge in [0.25, 0.3) is 0 Å². The summed E-state index contributed by atoms with van der Waals surface area (Å²) in [5, 5.41) is 2.41. The molecule has 1 rings (SSSR count). The lowest BCUT2D eigenvalue weighted by Gasteiger charge is -2.14. The van der Waals surface area contributed by atoms with Gasteiger partial charge in [-0.1, -0.05) is 0 Å². The highest BCUT2D eigenvalue weighted by molar-refractivity contribution is 7.51. The molecule has 0 aromatic carbocycles. The van der Waals surface area contributed by atoms with Gasteiger partial charge in [0.05, 0.1) is 18.7 Å². The number of aromatic amines is 1. The first kappa shape index (κ1) is 12.9. The van der Waals surface area contributed by atoms with Crippen LogP contribution in [0.4, 0.5) is 0 Å². The molecule has 8 nitrogen and oxygen atoms in total. The first-order chi connectivity index (χ1) is 7.38. The lowest BCUT2D eigenvalue weighted by Crippen LogP contribution is -2.43. The van der Waals surface area contributed by atoms with Gasteiger partial charge in [0.1, 0.15) is 0 Å². The van der Waals surface area contributed by atoms with E-state index in [4.69, 9.17) is 15.5 Å².